The second kappa shape index (κ2) is 8.22. The maximum absolute atomic E-state index is 11.9. The van der Waals surface area contributed by atoms with Crippen LogP contribution in [0.1, 0.15) is 31.7 Å². The van der Waals surface area contributed by atoms with Crippen LogP contribution >= 0.6 is 11.8 Å². The van der Waals surface area contributed by atoms with E-state index in [0.29, 0.717) is 18.9 Å². The summed E-state index contributed by atoms with van der Waals surface area (Å²) >= 11 is 1.29. The Morgan fingerprint density at radius 1 is 1.23 bits per heavy atom. The normalized spacial score (nSPS) is 15.7. The van der Waals surface area contributed by atoms with Gasteiger partial charge in [0.2, 0.25) is 5.91 Å². The highest BCUT2D eigenvalue weighted by molar-refractivity contribution is 8.00. The third kappa shape index (κ3) is 4.50. The molecule has 0 heterocycles. The van der Waals surface area contributed by atoms with Crippen LogP contribution in [0.3, 0.4) is 0 Å². The fourth-order valence-electron chi connectivity index (χ4n) is 2.71. The molecule has 1 fully saturated rings. The SMILES string of the molecule is CCOC(=O)CSCC(=O)NCC1(c2ccccc2)CCC1. The van der Waals surface area contributed by atoms with Gasteiger partial charge in [-0.05, 0) is 25.3 Å². The third-order valence-corrected chi connectivity index (χ3v) is 4.99. The van der Waals surface area contributed by atoms with E-state index in [1.165, 1.54) is 23.7 Å². The molecule has 1 aromatic rings. The van der Waals surface area contributed by atoms with E-state index in [0.717, 1.165) is 12.8 Å². The van der Waals surface area contributed by atoms with Gasteiger partial charge < -0.3 is 10.1 Å². The molecule has 0 aromatic heterocycles. The first-order chi connectivity index (χ1) is 10.7. The fourth-order valence-corrected chi connectivity index (χ4v) is 3.35. The Morgan fingerprint density at radius 3 is 2.55 bits per heavy atom. The van der Waals surface area contributed by atoms with E-state index in [4.69, 9.17) is 4.74 Å². The van der Waals surface area contributed by atoms with Gasteiger partial charge in [0.05, 0.1) is 18.1 Å². The van der Waals surface area contributed by atoms with Gasteiger partial charge in [-0.2, -0.15) is 0 Å². The van der Waals surface area contributed by atoms with Crippen molar-refractivity contribution in [2.45, 2.75) is 31.6 Å². The molecule has 0 spiro atoms. The number of benzene rings is 1. The lowest BCUT2D eigenvalue weighted by molar-refractivity contribution is -0.139. The van der Waals surface area contributed by atoms with Crippen LogP contribution in [0.5, 0.6) is 0 Å². The molecule has 2 rings (SSSR count). The van der Waals surface area contributed by atoms with E-state index in [1.54, 1.807) is 6.92 Å². The largest absolute Gasteiger partial charge is 0.465 e. The van der Waals surface area contributed by atoms with E-state index >= 15 is 0 Å². The highest BCUT2D eigenvalue weighted by atomic mass is 32.2. The predicted molar refractivity (Wildman–Crippen MR) is 88.9 cm³/mol. The van der Waals surface area contributed by atoms with Crippen LogP contribution in [0, 0.1) is 0 Å². The van der Waals surface area contributed by atoms with Crippen LogP contribution in [0.15, 0.2) is 30.3 Å². The predicted octanol–water partition coefficient (Wildman–Crippen LogP) is 2.52. The minimum absolute atomic E-state index is 0.0171. The summed E-state index contributed by atoms with van der Waals surface area (Å²) in [5.74, 6) is 0.242. The first kappa shape index (κ1) is 16.9. The van der Waals surface area contributed by atoms with Crippen LogP contribution in [-0.4, -0.2) is 36.5 Å². The molecular weight excluding hydrogens is 298 g/mol. The van der Waals surface area contributed by atoms with E-state index < -0.39 is 0 Å². The molecule has 1 aliphatic rings. The van der Waals surface area contributed by atoms with Crippen molar-refractivity contribution < 1.29 is 14.3 Å². The van der Waals surface area contributed by atoms with Crippen molar-refractivity contribution in [3.8, 4) is 0 Å². The Hall–Kier alpha value is -1.49. The first-order valence-electron chi connectivity index (χ1n) is 7.72. The summed E-state index contributed by atoms with van der Waals surface area (Å²) in [7, 11) is 0. The molecule has 0 atom stereocenters. The second-order valence-corrected chi connectivity index (χ2v) is 6.56. The monoisotopic (exact) mass is 321 g/mol. The van der Waals surface area contributed by atoms with E-state index in [9.17, 15) is 9.59 Å². The van der Waals surface area contributed by atoms with Crippen molar-refractivity contribution >= 4 is 23.6 Å². The molecule has 1 amide bonds. The van der Waals surface area contributed by atoms with Crippen molar-refractivity contribution in [2.24, 2.45) is 0 Å². The molecule has 22 heavy (non-hydrogen) atoms. The van der Waals surface area contributed by atoms with Crippen LogP contribution in [0.25, 0.3) is 0 Å². The number of nitrogens with one attached hydrogen (secondary N) is 1. The molecule has 1 N–H and O–H groups in total. The molecule has 0 unspecified atom stereocenters. The van der Waals surface area contributed by atoms with Crippen LogP contribution < -0.4 is 5.32 Å². The molecular formula is C17H23NO3S. The zero-order valence-electron chi connectivity index (χ0n) is 13.0. The minimum atomic E-state index is -0.264. The highest BCUT2D eigenvalue weighted by Gasteiger charge is 2.38. The van der Waals surface area contributed by atoms with Gasteiger partial charge >= 0.3 is 5.97 Å². The topological polar surface area (TPSA) is 55.4 Å². The average molecular weight is 321 g/mol. The zero-order chi connectivity index (χ0) is 15.8. The lowest BCUT2D eigenvalue weighted by Gasteiger charge is -2.42. The van der Waals surface area contributed by atoms with Crippen molar-refractivity contribution in [3.05, 3.63) is 35.9 Å². The molecule has 0 saturated heterocycles. The number of rotatable bonds is 8. The molecule has 0 radical (unpaired) electrons. The maximum atomic E-state index is 11.9. The van der Waals surface area contributed by atoms with Gasteiger partial charge in [-0.3, -0.25) is 9.59 Å². The Bertz CT molecular complexity index is 500. The van der Waals surface area contributed by atoms with Crippen LogP contribution in [-0.2, 0) is 19.7 Å². The number of hydrogen-bond acceptors (Lipinski definition) is 4. The smallest absolute Gasteiger partial charge is 0.315 e. The average Bonchev–Trinajstić information content (AvgIpc) is 2.47. The zero-order valence-corrected chi connectivity index (χ0v) is 13.8. The summed E-state index contributed by atoms with van der Waals surface area (Å²) in [5, 5.41) is 3.02. The summed E-state index contributed by atoms with van der Waals surface area (Å²) in [6.07, 6.45) is 3.45. The van der Waals surface area contributed by atoms with E-state index in [-0.39, 0.29) is 23.0 Å². The van der Waals surface area contributed by atoms with Crippen molar-refractivity contribution in [3.63, 3.8) is 0 Å². The highest BCUT2D eigenvalue weighted by Crippen LogP contribution is 2.43. The molecule has 1 aromatic carbocycles. The van der Waals surface area contributed by atoms with E-state index in [1.807, 2.05) is 18.2 Å². The van der Waals surface area contributed by atoms with Crippen molar-refractivity contribution in [2.75, 3.05) is 24.7 Å². The van der Waals surface area contributed by atoms with Crippen LogP contribution in [0.4, 0.5) is 0 Å². The summed E-state index contributed by atoms with van der Waals surface area (Å²) in [4.78, 5) is 23.1. The number of hydrogen-bond donors (Lipinski definition) is 1. The number of amides is 1. The number of ether oxygens (including phenoxy) is 1. The van der Waals surface area contributed by atoms with Crippen LogP contribution in [0.2, 0.25) is 0 Å². The van der Waals surface area contributed by atoms with E-state index in [2.05, 4.69) is 17.4 Å². The lowest BCUT2D eigenvalue weighted by atomic mass is 9.64. The molecule has 0 bridgehead atoms. The van der Waals surface area contributed by atoms with Crippen molar-refractivity contribution in [1.29, 1.82) is 0 Å². The molecule has 0 aliphatic heterocycles. The van der Waals surface area contributed by atoms with Crippen molar-refractivity contribution in [1.82, 2.24) is 5.32 Å². The Morgan fingerprint density at radius 2 is 1.95 bits per heavy atom. The van der Waals surface area contributed by atoms with Gasteiger partial charge in [-0.1, -0.05) is 36.8 Å². The Balaban J connectivity index is 1.74. The number of esters is 1. The van der Waals surface area contributed by atoms with Gasteiger partial charge in [0.1, 0.15) is 0 Å². The summed E-state index contributed by atoms with van der Waals surface area (Å²) in [6.45, 7) is 2.83. The Labute approximate surface area is 136 Å². The minimum Gasteiger partial charge on any atom is -0.465 e. The summed E-state index contributed by atoms with van der Waals surface area (Å²) in [5.41, 5.74) is 1.41. The summed E-state index contributed by atoms with van der Waals surface area (Å²) in [6, 6.07) is 10.4. The summed E-state index contributed by atoms with van der Waals surface area (Å²) < 4.78 is 4.83. The van der Waals surface area contributed by atoms with Gasteiger partial charge in [0.15, 0.2) is 0 Å². The van der Waals surface area contributed by atoms with Gasteiger partial charge in [-0.25, -0.2) is 0 Å². The second-order valence-electron chi connectivity index (χ2n) is 5.57. The first-order valence-corrected chi connectivity index (χ1v) is 8.87. The molecule has 1 aliphatic carbocycles. The Kier molecular flexibility index (Phi) is 6.31. The quantitative estimate of drug-likeness (QED) is 0.748. The lowest BCUT2D eigenvalue weighted by Crippen LogP contribution is -2.46. The number of carbonyl (C=O) groups excluding carboxylic acids is 2. The number of thioether (sulfide) groups is 1. The molecule has 5 heteroatoms. The third-order valence-electron chi connectivity index (χ3n) is 4.08. The van der Waals surface area contributed by atoms with Gasteiger partial charge in [-0.15, -0.1) is 11.8 Å². The number of carbonyl (C=O) groups is 2. The molecule has 4 nitrogen and oxygen atoms in total. The standard InChI is InChI=1S/C17H23NO3S/c1-2-21-16(20)12-22-11-15(19)18-13-17(9-6-10-17)14-7-4-3-5-8-14/h3-5,7-8H,2,6,9-13H2,1H3,(H,18,19). The fraction of sp³-hybridized carbons (Fsp3) is 0.529. The van der Waals surface area contributed by atoms with Gasteiger partial charge in [0, 0.05) is 12.0 Å². The molecule has 120 valence electrons. The maximum Gasteiger partial charge on any atom is 0.315 e. The van der Waals surface area contributed by atoms with Gasteiger partial charge in [0.25, 0.3) is 0 Å². The molecule has 1 saturated carbocycles.